The van der Waals surface area contributed by atoms with Gasteiger partial charge < -0.3 is 19.0 Å². The van der Waals surface area contributed by atoms with Gasteiger partial charge in [0.25, 0.3) is 0 Å². The van der Waals surface area contributed by atoms with Crippen LogP contribution in [0.4, 0.5) is 4.79 Å². The standard InChI is InChI=1S/C44H63NO9/c1-25(2)35-29(47)22-44(33(48)24-45(38(51)54-39(4,5)6)23-27-12-14-30(53-27)37(49)50)21-20-42(10)28(36(35)44)13-15-32-41(9)18-17-34(52-26(3)46)40(7,8)31(41)16-19-43(32,42)11/h12,14,25,28,31-32,34H,13,15-24H2,1-11H3,(H,49,50)/t28-,31?,32?,34+,41+,42-,43-,44+/m1/s1. The second kappa shape index (κ2) is 13.4. The van der Waals surface area contributed by atoms with Crippen molar-refractivity contribution >= 4 is 29.6 Å². The lowest BCUT2D eigenvalue weighted by Gasteiger charge is -2.72. The van der Waals surface area contributed by atoms with Crippen molar-refractivity contribution in [2.45, 2.75) is 152 Å². The van der Waals surface area contributed by atoms with Crippen LogP contribution in [0.25, 0.3) is 0 Å². The Labute approximate surface area is 321 Å². The quantitative estimate of drug-likeness (QED) is 0.258. The number of esters is 1. The third-order valence-corrected chi connectivity index (χ3v) is 15.4. The fourth-order valence-electron chi connectivity index (χ4n) is 13.0. The molecule has 1 heterocycles. The lowest BCUT2D eigenvalue weighted by atomic mass is 9.33. The van der Waals surface area contributed by atoms with Gasteiger partial charge in [-0.1, -0.05) is 48.5 Å². The summed E-state index contributed by atoms with van der Waals surface area (Å²) in [5.41, 5.74) is -0.328. The van der Waals surface area contributed by atoms with E-state index in [1.165, 1.54) is 24.0 Å². The molecule has 298 valence electrons. The fraction of sp³-hybridized carbons (Fsp3) is 0.750. The number of nitrogens with zero attached hydrogens (tertiary/aromatic N) is 1. The number of aromatic carboxylic acids is 1. The maximum absolute atomic E-state index is 15.1. The SMILES string of the molecule is CC(=O)O[C@H]1CC[C@@]2(C)C(CC[C@]3(C)C2CC[C@@H]2C4=C(C(C)C)C(=O)C[C@]4(C(=O)CN(Cc4ccc(C(=O)O)o4)C(=O)OC(C)(C)C)CC[C@]23C)C1(C)C. The van der Waals surface area contributed by atoms with Gasteiger partial charge in [-0.25, -0.2) is 9.59 Å². The summed E-state index contributed by atoms with van der Waals surface area (Å²) in [5, 5.41) is 9.44. The molecule has 54 heavy (non-hydrogen) atoms. The van der Waals surface area contributed by atoms with Crippen LogP contribution in [0.3, 0.4) is 0 Å². The molecule has 0 saturated heterocycles. The van der Waals surface area contributed by atoms with Crippen LogP contribution in [0.5, 0.6) is 0 Å². The van der Waals surface area contributed by atoms with Gasteiger partial charge in [-0.15, -0.1) is 0 Å². The van der Waals surface area contributed by atoms with Crippen molar-refractivity contribution in [3.8, 4) is 0 Å². The Morgan fingerprint density at radius 3 is 2.20 bits per heavy atom. The predicted octanol–water partition coefficient (Wildman–Crippen LogP) is 9.20. The molecule has 10 nitrogen and oxygen atoms in total. The summed E-state index contributed by atoms with van der Waals surface area (Å²) in [6.07, 6.45) is 6.46. The summed E-state index contributed by atoms with van der Waals surface area (Å²) in [5.74, 6) is -0.776. The molecule has 0 aliphatic heterocycles. The normalized spacial score (nSPS) is 35.7. The van der Waals surface area contributed by atoms with Crippen LogP contribution in [-0.2, 0) is 30.4 Å². The second-order valence-corrected chi connectivity index (χ2v) is 20.1. The van der Waals surface area contributed by atoms with E-state index in [4.69, 9.17) is 13.9 Å². The number of Topliss-reactive ketones (excluding diaryl/α,β-unsaturated/α-hetero) is 2. The largest absolute Gasteiger partial charge is 0.475 e. The Bertz CT molecular complexity index is 1760. The summed E-state index contributed by atoms with van der Waals surface area (Å²) in [4.78, 5) is 67.9. The number of hydrogen-bond donors (Lipinski definition) is 1. The van der Waals surface area contributed by atoms with Gasteiger partial charge in [0, 0.05) is 18.8 Å². The van der Waals surface area contributed by atoms with E-state index in [0.717, 1.165) is 56.1 Å². The first kappa shape index (κ1) is 40.2. The molecule has 0 aromatic carbocycles. The van der Waals surface area contributed by atoms with Gasteiger partial charge in [-0.05, 0) is 135 Å². The first-order valence-electron chi connectivity index (χ1n) is 20.2. The molecular weight excluding hydrogens is 686 g/mol. The molecule has 0 radical (unpaired) electrons. The number of furan rings is 1. The zero-order valence-electron chi connectivity index (χ0n) is 34.5. The zero-order valence-corrected chi connectivity index (χ0v) is 34.5. The Balaban J connectivity index is 1.35. The van der Waals surface area contributed by atoms with E-state index in [1.54, 1.807) is 20.8 Å². The third kappa shape index (κ3) is 6.25. The van der Waals surface area contributed by atoms with Crippen molar-refractivity contribution in [3.63, 3.8) is 0 Å². The van der Waals surface area contributed by atoms with Crippen molar-refractivity contribution < 1.29 is 43.0 Å². The molecule has 0 bridgehead atoms. The molecule has 0 spiro atoms. The maximum atomic E-state index is 15.1. The number of hydrogen-bond acceptors (Lipinski definition) is 8. The van der Waals surface area contributed by atoms with Gasteiger partial charge in [0.1, 0.15) is 17.5 Å². The molecule has 1 aromatic heterocycles. The summed E-state index contributed by atoms with van der Waals surface area (Å²) < 4.78 is 17.2. The minimum atomic E-state index is -1.23. The Morgan fingerprint density at radius 1 is 0.926 bits per heavy atom. The molecule has 4 fully saturated rings. The number of ether oxygens (including phenoxy) is 2. The van der Waals surface area contributed by atoms with Crippen LogP contribution in [0.1, 0.15) is 150 Å². The highest BCUT2D eigenvalue weighted by molar-refractivity contribution is 6.08. The summed E-state index contributed by atoms with van der Waals surface area (Å²) in [7, 11) is 0. The fourth-order valence-corrected chi connectivity index (χ4v) is 13.0. The smallest absolute Gasteiger partial charge is 0.411 e. The molecule has 10 heteroatoms. The minimum Gasteiger partial charge on any atom is -0.475 e. The van der Waals surface area contributed by atoms with Crippen molar-refractivity contribution in [1.29, 1.82) is 0 Å². The van der Waals surface area contributed by atoms with Crippen LogP contribution >= 0.6 is 0 Å². The topological polar surface area (TPSA) is 140 Å². The van der Waals surface area contributed by atoms with Crippen LogP contribution < -0.4 is 0 Å². The molecule has 6 rings (SSSR count). The van der Waals surface area contributed by atoms with Gasteiger partial charge >= 0.3 is 18.0 Å². The lowest BCUT2D eigenvalue weighted by molar-refractivity contribution is -0.232. The van der Waals surface area contributed by atoms with Gasteiger partial charge in [0.15, 0.2) is 11.6 Å². The summed E-state index contributed by atoms with van der Waals surface area (Å²) >= 11 is 0. The lowest BCUT2D eigenvalue weighted by Crippen LogP contribution is -2.66. The average molecular weight is 750 g/mol. The summed E-state index contributed by atoms with van der Waals surface area (Å²) in [6, 6.07) is 2.82. The first-order valence-corrected chi connectivity index (χ1v) is 20.2. The number of ketones is 2. The molecule has 8 atom stereocenters. The monoisotopic (exact) mass is 749 g/mol. The predicted molar refractivity (Wildman–Crippen MR) is 202 cm³/mol. The number of fused-ring (bicyclic) bond motifs is 7. The van der Waals surface area contributed by atoms with Crippen molar-refractivity contribution in [2.24, 2.45) is 50.7 Å². The molecule has 1 amide bonds. The average Bonchev–Trinajstić information content (AvgIpc) is 3.64. The van der Waals surface area contributed by atoms with E-state index in [-0.39, 0.29) is 88.2 Å². The van der Waals surface area contributed by atoms with E-state index < -0.39 is 23.1 Å². The van der Waals surface area contributed by atoms with Crippen LogP contribution in [0.15, 0.2) is 27.7 Å². The highest BCUT2D eigenvalue weighted by atomic mass is 16.6. The Hall–Kier alpha value is -3.43. The highest BCUT2D eigenvalue weighted by Crippen LogP contribution is 2.76. The highest BCUT2D eigenvalue weighted by Gasteiger charge is 2.71. The van der Waals surface area contributed by atoms with Gasteiger partial charge in [-0.2, -0.15) is 0 Å². The molecule has 1 N–H and O–H groups in total. The van der Waals surface area contributed by atoms with E-state index in [1.807, 2.05) is 0 Å². The molecule has 2 unspecified atom stereocenters. The number of carbonyl (C=O) groups excluding carboxylic acids is 4. The minimum absolute atomic E-state index is 0.0343. The Kier molecular flexibility index (Phi) is 9.95. The number of allylic oxidation sites excluding steroid dienone is 2. The van der Waals surface area contributed by atoms with E-state index in [9.17, 15) is 24.3 Å². The maximum Gasteiger partial charge on any atom is 0.411 e. The van der Waals surface area contributed by atoms with E-state index in [0.29, 0.717) is 18.3 Å². The van der Waals surface area contributed by atoms with Crippen molar-refractivity contribution in [2.75, 3.05) is 6.54 Å². The second-order valence-electron chi connectivity index (χ2n) is 20.1. The van der Waals surface area contributed by atoms with Crippen LogP contribution in [0.2, 0.25) is 0 Å². The van der Waals surface area contributed by atoms with E-state index >= 15 is 4.79 Å². The van der Waals surface area contributed by atoms with Crippen molar-refractivity contribution in [1.82, 2.24) is 4.90 Å². The molecular formula is C44H63NO9. The van der Waals surface area contributed by atoms with E-state index in [2.05, 4.69) is 48.5 Å². The van der Waals surface area contributed by atoms with Crippen LogP contribution in [-0.4, -0.2) is 57.9 Å². The van der Waals surface area contributed by atoms with Gasteiger partial charge in [0.05, 0.1) is 18.5 Å². The number of carbonyl (C=O) groups is 5. The number of carboxylic acid groups (broad SMARTS) is 1. The van der Waals surface area contributed by atoms with Gasteiger partial charge in [-0.3, -0.25) is 19.3 Å². The molecule has 5 aliphatic rings. The third-order valence-electron chi connectivity index (χ3n) is 15.4. The number of amides is 1. The Morgan fingerprint density at radius 2 is 1.61 bits per heavy atom. The number of carboxylic acids is 1. The zero-order chi connectivity index (χ0) is 40.0. The molecule has 1 aromatic rings. The first-order chi connectivity index (χ1) is 24.9. The van der Waals surface area contributed by atoms with Gasteiger partial charge in [0.2, 0.25) is 5.76 Å². The van der Waals surface area contributed by atoms with Crippen LogP contribution in [0, 0.1) is 50.7 Å². The molecule has 5 aliphatic carbocycles. The summed E-state index contributed by atoms with van der Waals surface area (Å²) in [6.45, 7) is 22.5. The number of rotatable bonds is 8. The van der Waals surface area contributed by atoms with Crippen molar-refractivity contribution in [3.05, 3.63) is 34.8 Å². The molecule has 4 saturated carbocycles.